The summed E-state index contributed by atoms with van der Waals surface area (Å²) in [6.45, 7) is 3.53. The van der Waals surface area contributed by atoms with E-state index in [-0.39, 0.29) is 5.91 Å². The lowest BCUT2D eigenvalue weighted by molar-refractivity contribution is 0.0747. The van der Waals surface area contributed by atoms with E-state index in [1.54, 1.807) is 6.07 Å². The van der Waals surface area contributed by atoms with E-state index in [1.165, 1.54) is 25.0 Å². The highest BCUT2D eigenvalue weighted by atomic mass is 19.1. The highest BCUT2D eigenvalue weighted by Crippen LogP contribution is 2.30. The van der Waals surface area contributed by atoms with Gasteiger partial charge in [0.25, 0.3) is 5.91 Å². The van der Waals surface area contributed by atoms with Gasteiger partial charge < -0.3 is 10.6 Å². The van der Waals surface area contributed by atoms with Gasteiger partial charge in [-0.25, -0.2) is 4.39 Å². The van der Waals surface area contributed by atoms with Crippen molar-refractivity contribution in [3.05, 3.63) is 29.6 Å². The number of amides is 1. The van der Waals surface area contributed by atoms with Crippen molar-refractivity contribution in [1.29, 1.82) is 0 Å². The zero-order valence-electron chi connectivity index (χ0n) is 10.7. The molecule has 2 rings (SSSR count). The molecule has 1 fully saturated rings. The van der Waals surface area contributed by atoms with Gasteiger partial charge in [-0.2, -0.15) is 0 Å². The predicted octanol–water partition coefficient (Wildman–Crippen LogP) is 2.67. The van der Waals surface area contributed by atoms with Crippen LogP contribution in [0, 0.1) is 11.7 Å². The van der Waals surface area contributed by atoms with Gasteiger partial charge in [0.1, 0.15) is 5.82 Å². The fourth-order valence-corrected chi connectivity index (χ4v) is 2.08. The second kappa shape index (κ2) is 5.38. The lowest BCUT2D eigenvalue weighted by atomic mass is 10.1. The van der Waals surface area contributed by atoms with Crippen molar-refractivity contribution < 1.29 is 9.18 Å². The molecule has 1 aliphatic carbocycles. The first-order valence-electron chi connectivity index (χ1n) is 6.45. The van der Waals surface area contributed by atoms with Gasteiger partial charge >= 0.3 is 0 Å². The fourth-order valence-electron chi connectivity index (χ4n) is 2.08. The van der Waals surface area contributed by atoms with Crippen LogP contribution >= 0.6 is 0 Å². The number of anilines is 1. The summed E-state index contributed by atoms with van der Waals surface area (Å²) in [4.78, 5) is 14.1. The summed E-state index contributed by atoms with van der Waals surface area (Å²) in [5.74, 6) is 0.0579. The van der Waals surface area contributed by atoms with Gasteiger partial charge in [-0.1, -0.05) is 6.92 Å². The molecule has 0 spiro atoms. The predicted molar refractivity (Wildman–Crippen MR) is 69.7 cm³/mol. The van der Waals surface area contributed by atoms with Crippen LogP contribution in [0.5, 0.6) is 0 Å². The normalized spacial score (nSPS) is 14.6. The smallest absolute Gasteiger partial charge is 0.254 e. The molecule has 0 bridgehead atoms. The van der Waals surface area contributed by atoms with Crippen LogP contribution in [-0.4, -0.2) is 23.9 Å². The van der Waals surface area contributed by atoms with Crippen LogP contribution in [0.15, 0.2) is 18.2 Å². The average molecular weight is 250 g/mol. The van der Waals surface area contributed by atoms with E-state index >= 15 is 0 Å². The lowest BCUT2D eigenvalue weighted by Gasteiger charge is -2.22. The van der Waals surface area contributed by atoms with Crippen molar-refractivity contribution in [3.63, 3.8) is 0 Å². The molecule has 4 heteroatoms. The van der Waals surface area contributed by atoms with Crippen molar-refractivity contribution in [2.45, 2.75) is 26.2 Å². The Hall–Kier alpha value is -1.58. The van der Waals surface area contributed by atoms with Crippen LogP contribution < -0.4 is 5.73 Å². The molecular weight excluding hydrogens is 231 g/mol. The first-order chi connectivity index (χ1) is 8.60. The van der Waals surface area contributed by atoms with Crippen molar-refractivity contribution in [3.8, 4) is 0 Å². The minimum absolute atomic E-state index is 0.116. The Bertz CT molecular complexity index is 423. The monoisotopic (exact) mass is 250 g/mol. The molecule has 0 heterocycles. The van der Waals surface area contributed by atoms with E-state index in [4.69, 9.17) is 5.73 Å². The SMILES string of the molecule is CCCN(CC1CC1)C(=O)c1cc(N)cc(F)c1. The van der Waals surface area contributed by atoms with Crippen molar-refractivity contribution >= 4 is 11.6 Å². The number of carbonyl (C=O) groups is 1. The average Bonchev–Trinajstić information content (AvgIpc) is 3.10. The van der Waals surface area contributed by atoms with Crippen LogP contribution in [0.3, 0.4) is 0 Å². The van der Waals surface area contributed by atoms with E-state index in [2.05, 4.69) is 0 Å². The third-order valence-electron chi connectivity index (χ3n) is 3.12. The number of hydrogen-bond acceptors (Lipinski definition) is 2. The minimum atomic E-state index is -0.457. The first-order valence-corrected chi connectivity index (χ1v) is 6.45. The Morgan fingerprint density at radius 1 is 1.44 bits per heavy atom. The summed E-state index contributed by atoms with van der Waals surface area (Å²) in [6, 6.07) is 4.02. The zero-order valence-corrected chi connectivity index (χ0v) is 10.7. The van der Waals surface area contributed by atoms with Crippen molar-refractivity contribution in [2.75, 3.05) is 18.8 Å². The van der Waals surface area contributed by atoms with E-state index < -0.39 is 5.82 Å². The number of hydrogen-bond donors (Lipinski definition) is 1. The van der Waals surface area contributed by atoms with Gasteiger partial charge in [-0.05, 0) is 43.4 Å². The standard InChI is InChI=1S/C14H19FN2O/c1-2-5-17(9-10-3-4-10)14(18)11-6-12(15)8-13(16)7-11/h6-8,10H,2-5,9,16H2,1H3. The molecule has 1 aliphatic rings. The molecule has 98 valence electrons. The Morgan fingerprint density at radius 2 is 2.17 bits per heavy atom. The van der Waals surface area contributed by atoms with E-state index in [9.17, 15) is 9.18 Å². The highest BCUT2D eigenvalue weighted by molar-refractivity contribution is 5.95. The Morgan fingerprint density at radius 3 is 2.72 bits per heavy atom. The summed E-state index contributed by atoms with van der Waals surface area (Å²) < 4.78 is 13.3. The third kappa shape index (κ3) is 3.22. The second-order valence-electron chi connectivity index (χ2n) is 4.97. The van der Waals surface area contributed by atoms with Crippen molar-refractivity contribution in [2.24, 2.45) is 5.92 Å². The minimum Gasteiger partial charge on any atom is -0.399 e. The summed E-state index contributed by atoms with van der Waals surface area (Å²) in [7, 11) is 0. The Labute approximate surface area is 107 Å². The maximum Gasteiger partial charge on any atom is 0.254 e. The summed E-state index contributed by atoms with van der Waals surface area (Å²) in [5.41, 5.74) is 6.22. The van der Waals surface area contributed by atoms with Crippen LogP contribution in [0.25, 0.3) is 0 Å². The number of nitrogen functional groups attached to an aromatic ring is 1. The van der Waals surface area contributed by atoms with E-state index in [0.717, 1.165) is 13.0 Å². The zero-order chi connectivity index (χ0) is 13.1. The molecule has 1 aromatic rings. The van der Waals surface area contributed by atoms with Gasteiger partial charge in [-0.3, -0.25) is 4.79 Å². The van der Waals surface area contributed by atoms with Crippen LogP contribution in [0.1, 0.15) is 36.5 Å². The molecule has 0 saturated heterocycles. The molecule has 0 aliphatic heterocycles. The molecule has 1 aromatic carbocycles. The number of benzene rings is 1. The number of nitrogens with zero attached hydrogens (tertiary/aromatic N) is 1. The Balaban J connectivity index is 2.14. The summed E-state index contributed by atoms with van der Waals surface area (Å²) in [5, 5.41) is 0. The molecule has 0 atom stereocenters. The lowest BCUT2D eigenvalue weighted by Crippen LogP contribution is -2.33. The molecule has 0 aromatic heterocycles. The van der Waals surface area contributed by atoms with Crippen molar-refractivity contribution in [1.82, 2.24) is 4.90 Å². The van der Waals surface area contributed by atoms with Gasteiger partial charge in [0, 0.05) is 24.3 Å². The van der Waals surface area contributed by atoms with Gasteiger partial charge in [-0.15, -0.1) is 0 Å². The number of carbonyl (C=O) groups excluding carboxylic acids is 1. The van der Waals surface area contributed by atoms with Gasteiger partial charge in [0.05, 0.1) is 0 Å². The van der Waals surface area contributed by atoms with Gasteiger partial charge in [0.15, 0.2) is 0 Å². The molecule has 18 heavy (non-hydrogen) atoms. The number of halogens is 1. The fraction of sp³-hybridized carbons (Fsp3) is 0.500. The molecule has 1 amide bonds. The van der Waals surface area contributed by atoms with Crippen LogP contribution in [-0.2, 0) is 0 Å². The third-order valence-corrected chi connectivity index (χ3v) is 3.12. The van der Waals surface area contributed by atoms with Crippen LogP contribution in [0.4, 0.5) is 10.1 Å². The molecule has 0 unspecified atom stereocenters. The quantitative estimate of drug-likeness (QED) is 0.817. The molecular formula is C14H19FN2O. The maximum absolute atomic E-state index is 13.3. The van der Waals surface area contributed by atoms with E-state index in [1.807, 2.05) is 11.8 Å². The molecule has 0 radical (unpaired) electrons. The molecule has 2 N–H and O–H groups in total. The number of nitrogens with two attached hydrogens (primary N) is 1. The Kier molecular flexibility index (Phi) is 3.84. The highest BCUT2D eigenvalue weighted by Gasteiger charge is 2.27. The molecule has 1 saturated carbocycles. The number of rotatable bonds is 5. The maximum atomic E-state index is 13.3. The first kappa shape index (κ1) is 12.9. The van der Waals surface area contributed by atoms with Gasteiger partial charge in [0.2, 0.25) is 0 Å². The molecule has 3 nitrogen and oxygen atoms in total. The summed E-state index contributed by atoms with van der Waals surface area (Å²) in [6.07, 6.45) is 3.29. The largest absolute Gasteiger partial charge is 0.399 e. The second-order valence-corrected chi connectivity index (χ2v) is 4.97. The van der Waals surface area contributed by atoms with Crippen LogP contribution in [0.2, 0.25) is 0 Å². The topological polar surface area (TPSA) is 46.3 Å². The van der Waals surface area contributed by atoms with E-state index in [0.29, 0.717) is 23.7 Å². The summed E-state index contributed by atoms with van der Waals surface area (Å²) >= 11 is 0.